The minimum atomic E-state index is -0.222. The summed E-state index contributed by atoms with van der Waals surface area (Å²) in [7, 11) is 0. The van der Waals surface area contributed by atoms with Gasteiger partial charge in [-0.2, -0.15) is 4.98 Å². The van der Waals surface area contributed by atoms with Crippen molar-refractivity contribution in [1.29, 1.82) is 0 Å². The van der Waals surface area contributed by atoms with E-state index in [1.165, 1.54) is 12.8 Å². The molecule has 0 amide bonds. The molecule has 0 saturated carbocycles. The number of fused-ring (bicyclic) bond motifs is 1. The SMILES string of the molecule is CCCCCCn1cnc2nc(N)[nH]c(=O)c21. The van der Waals surface area contributed by atoms with E-state index in [0.29, 0.717) is 11.2 Å². The first kappa shape index (κ1) is 11.6. The van der Waals surface area contributed by atoms with E-state index < -0.39 is 0 Å². The van der Waals surface area contributed by atoms with Gasteiger partial charge >= 0.3 is 0 Å². The Hall–Kier alpha value is -1.85. The number of imidazole rings is 1. The largest absolute Gasteiger partial charge is 0.369 e. The second-order valence-electron chi connectivity index (χ2n) is 4.12. The molecule has 0 atom stereocenters. The lowest BCUT2D eigenvalue weighted by atomic mass is 10.2. The maximum absolute atomic E-state index is 11.7. The van der Waals surface area contributed by atoms with E-state index in [1.54, 1.807) is 6.33 Å². The first-order valence-electron chi connectivity index (χ1n) is 5.93. The van der Waals surface area contributed by atoms with Crippen molar-refractivity contribution >= 4 is 17.1 Å². The molecule has 6 heteroatoms. The van der Waals surface area contributed by atoms with Gasteiger partial charge in [0.2, 0.25) is 5.95 Å². The summed E-state index contributed by atoms with van der Waals surface area (Å²) in [6.07, 6.45) is 6.27. The monoisotopic (exact) mass is 235 g/mol. The Labute approximate surface area is 98.9 Å². The third kappa shape index (κ3) is 2.46. The Morgan fingerprint density at radius 3 is 3.00 bits per heavy atom. The predicted octanol–water partition coefficient (Wildman–Crippen LogP) is 1.28. The number of nitrogen functional groups attached to an aromatic ring is 1. The third-order valence-electron chi connectivity index (χ3n) is 2.75. The van der Waals surface area contributed by atoms with E-state index in [4.69, 9.17) is 5.73 Å². The highest BCUT2D eigenvalue weighted by molar-refractivity contribution is 5.70. The van der Waals surface area contributed by atoms with Crippen LogP contribution in [0.2, 0.25) is 0 Å². The zero-order valence-corrected chi connectivity index (χ0v) is 9.94. The smallest absolute Gasteiger partial charge is 0.278 e. The molecular weight excluding hydrogens is 218 g/mol. The second kappa shape index (κ2) is 4.99. The highest BCUT2D eigenvalue weighted by Crippen LogP contribution is 2.08. The minimum Gasteiger partial charge on any atom is -0.369 e. The third-order valence-corrected chi connectivity index (χ3v) is 2.75. The van der Waals surface area contributed by atoms with Gasteiger partial charge in [-0.3, -0.25) is 9.78 Å². The van der Waals surface area contributed by atoms with Crippen LogP contribution in [-0.4, -0.2) is 19.5 Å². The van der Waals surface area contributed by atoms with Gasteiger partial charge in [0.05, 0.1) is 6.33 Å². The summed E-state index contributed by atoms with van der Waals surface area (Å²) in [6.45, 7) is 2.97. The lowest BCUT2D eigenvalue weighted by Gasteiger charge is -2.02. The zero-order valence-electron chi connectivity index (χ0n) is 9.94. The van der Waals surface area contributed by atoms with E-state index >= 15 is 0 Å². The van der Waals surface area contributed by atoms with Crippen LogP contribution in [0.4, 0.5) is 5.95 Å². The Morgan fingerprint density at radius 2 is 2.24 bits per heavy atom. The quantitative estimate of drug-likeness (QED) is 0.764. The van der Waals surface area contributed by atoms with Crippen LogP contribution in [0.25, 0.3) is 11.2 Å². The van der Waals surface area contributed by atoms with Crippen LogP contribution in [0.5, 0.6) is 0 Å². The molecule has 0 fully saturated rings. The van der Waals surface area contributed by atoms with Crippen LogP contribution in [-0.2, 0) is 6.54 Å². The van der Waals surface area contributed by atoms with E-state index in [0.717, 1.165) is 19.4 Å². The first-order valence-corrected chi connectivity index (χ1v) is 5.93. The molecule has 17 heavy (non-hydrogen) atoms. The van der Waals surface area contributed by atoms with Crippen molar-refractivity contribution in [3.8, 4) is 0 Å². The van der Waals surface area contributed by atoms with Crippen molar-refractivity contribution in [1.82, 2.24) is 19.5 Å². The summed E-state index contributed by atoms with van der Waals surface area (Å²) in [5.74, 6) is 0.110. The Balaban J connectivity index is 2.21. The molecule has 3 N–H and O–H groups in total. The molecule has 0 bridgehead atoms. The van der Waals surface area contributed by atoms with Gasteiger partial charge in [-0.15, -0.1) is 0 Å². The molecule has 0 spiro atoms. The van der Waals surface area contributed by atoms with Gasteiger partial charge in [0, 0.05) is 6.54 Å². The van der Waals surface area contributed by atoms with E-state index in [2.05, 4.69) is 21.9 Å². The van der Waals surface area contributed by atoms with Gasteiger partial charge < -0.3 is 10.3 Å². The Morgan fingerprint density at radius 1 is 1.41 bits per heavy atom. The van der Waals surface area contributed by atoms with Crippen LogP contribution in [0, 0.1) is 0 Å². The molecule has 0 unspecified atom stereocenters. The predicted molar refractivity (Wildman–Crippen MR) is 66.7 cm³/mol. The Bertz CT molecular complexity index is 556. The maximum Gasteiger partial charge on any atom is 0.278 e. The summed E-state index contributed by atoms with van der Waals surface area (Å²) in [5, 5.41) is 0. The van der Waals surface area contributed by atoms with Crippen molar-refractivity contribution in [2.75, 3.05) is 5.73 Å². The summed E-state index contributed by atoms with van der Waals surface area (Å²) in [6, 6.07) is 0. The van der Waals surface area contributed by atoms with Crippen molar-refractivity contribution in [2.45, 2.75) is 39.2 Å². The van der Waals surface area contributed by atoms with Crippen LogP contribution in [0.15, 0.2) is 11.1 Å². The van der Waals surface area contributed by atoms with Gasteiger partial charge in [0.25, 0.3) is 5.56 Å². The van der Waals surface area contributed by atoms with Crippen molar-refractivity contribution in [2.24, 2.45) is 0 Å². The molecule has 2 aromatic heterocycles. The highest BCUT2D eigenvalue weighted by Gasteiger charge is 2.08. The molecule has 2 heterocycles. The van der Waals surface area contributed by atoms with Gasteiger partial charge in [0.15, 0.2) is 11.2 Å². The van der Waals surface area contributed by atoms with E-state index in [-0.39, 0.29) is 11.5 Å². The fourth-order valence-corrected chi connectivity index (χ4v) is 1.88. The highest BCUT2D eigenvalue weighted by atomic mass is 16.1. The zero-order chi connectivity index (χ0) is 12.3. The van der Waals surface area contributed by atoms with E-state index in [9.17, 15) is 4.79 Å². The van der Waals surface area contributed by atoms with Crippen molar-refractivity contribution in [3.63, 3.8) is 0 Å². The summed E-state index contributed by atoms with van der Waals surface area (Å²) < 4.78 is 1.84. The molecular formula is C11H17N5O. The number of nitrogens with two attached hydrogens (primary N) is 1. The molecule has 0 saturated heterocycles. The number of aromatic amines is 1. The number of unbranched alkanes of at least 4 members (excludes halogenated alkanes) is 3. The topological polar surface area (TPSA) is 89.6 Å². The lowest BCUT2D eigenvalue weighted by Crippen LogP contribution is -2.14. The maximum atomic E-state index is 11.7. The standard InChI is InChI=1S/C11H17N5O/c1-2-3-4-5-6-16-7-13-9-8(16)10(17)15-11(12)14-9/h7H,2-6H2,1H3,(H3,12,14,15,17). The number of anilines is 1. The number of nitrogens with one attached hydrogen (secondary N) is 1. The first-order chi connectivity index (χ1) is 8.22. The number of H-pyrrole nitrogens is 1. The fraction of sp³-hybridized carbons (Fsp3) is 0.545. The van der Waals surface area contributed by atoms with Crippen molar-refractivity contribution < 1.29 is 0 Å². The van der Waals surface area contributed by atoms with Gasteiger partial charge in [-0.05, 0) is 6.42 Å². The number of aryl methyl sites for hydroxylation is 1. The van der Waals surface area contributed by atoms with Crippen LogP contribution in [0.3, 0.4) is 0 Å². The molecule has 0 aliphatic heterocycles. The summed E-state index contributed by atoms with van der Waals surface area (Å²) >= 11 is 0. The minimum absolute atomic E-state index is 0.110. The molecule has 0 aromatic carbocycles. The van der Waals surface area contributed by atoms with Crippen LogP contribution < -0.4 is 11.3 Å². The molecule has 0 aliphatic rings. The normalized spacial score (nSPS) is 11.1. The molecule has 92 valence electrons. The molecule has 2 aromatic rings. The average molecular weight is 235 g/mol. The molecule has 6 nitrogen and oxygen atoms in total. The Kier molecular flexibility index (Phi) is 3.41. The van der Waals surface area contributed by atoms with Gasteiger partial charge in [-0.1, -0.05) is 26.2 Å². The van der Waals surface area contributed by atoms with E-state index in [1.807, 2.05) is 4.57 Å². The van der Waals surface area contributed by atoms with Crippen LogP contribution >= 0.6 is 0 Å². The summed E-state index contributed by atoms with van der Waals surface area (Å²) in [4.78, 5) is 22.3. The lowest BCUT2D eigenvalue weighted by molar-refractivity contribution is 0.590. The fourth-order valence-electron chi connectivity index (χ4n) is 1.88. The number of nitrogens with zero attached hydrogens (tertiary/aromatic N) is 3. The molecule has 0 radical (unpaired) electrons. The molecule has 0 aliphatic carbocycles. The number of hydrogen-bond donors (Lipinski definition) is 2. The van der Waals surface area contributed by atoms with Crippen LogP contribution in [0.1, 0.15) is 32.6 Å². The average Bonchev–Trinajstić information content (AvgIpc) is 2.68. The van der Waals surface area contributed by atoms with Gasteiger partial charge in [0.1, 0.15) is 0 Å². The van der Waals surface area contributed by atoms with Gasteiger partial charge in [-0.25, -0.2) is 4.98 Å². The number of hydrogen-bond acceptors (Lipinski definition) is 4. The molecule has 2 rings (SSSR count). The second-order valence-corrected chi connectivity index (χ2v) is 4.12. The number of rotatable bonds is 5. The number of aromatic nitrogens is 4. The van der Waals surface area contributed by atoms with Crippen molar-refractivity contribution in [3.05, 3.63) is 16.7 Å². The summed E-state index contributed by atoms with van der Waals surface area (Å²) in [5.41, 5.74) is 6.16.